The molecule has 2 heterocycles. The Kier molecular flexibility index (Phi) is 3.19. The van der Waals surface area contributed by atoms with Crippen molar-refractivity contribution in [2.45, 2.75) is 5.92 Å². The summed E-state index contributed by atoms with van der Waals surface area (Å²) in [6, 6.07) is 3.52. The van der Waals surface area contributed by atoms with Gasteiger partial charge < -0.3 is 5.73 Å². The molecule has 1 unspecified atom stereocenters. The number of imide groups is 1. The highest BCUT2D eigenvalue weighted by molar-refractivity contribution is 7.03. The van der Waals surface area contributed by atoms with Crippen LogP contribution in [-0.4, -0.2) is 27.3 Å². The van der Waals surface area contributed by atoms with E-state index in [1.165, 1.54) is 23.6 Å². The van der Waals surface area contributed by atoms with E-state index >= 15 is 0 Å². The van der Waals surface area contributed by atoms with Gasteiger partial charge in [-0.2, -0.15) is 0 Å². The molecule has 106 valence electrons. The summed E-state index contributed by atoms with van der Waals surface area (Å²) < 4.78 is 3.60. The molecule has 3 amide bonds. The van der Waals surface area contributed by atoms with E-state index in [1.54, 1.807) is 0 Å². The molecule has 3 rings (SSSR count). The lowest BCUT2D eigenvalue weighted by Gasteiger charge is -2.11. The Bertz CT molecular complexity index is 762. The molecule has 0 aliphatic carbocycles. The van der Waals surface area contributed by atoms with E-state index in [0.29, 0.717) is 10.6 Å². The lowest BCUT2D eigenvalue weighted by molar-refractivity contribution is -0.117. The Labute approximate surface area is 127 Å². The van der Waals surface area contributed by atoms with E-state index < -0.39 is 23.6 Å². The molecule has 1 aliphatic rings. The summed E-state index contributed by atoms with van der Waals surface area (Å²) >= 11 is 6.91. The van der Waals surface area contributed by atoms with Crippen LogP contribution in [0.5, 0.6) is 0 Å². The van der Waals surface area contributed by atoms with Crippen molar-refractivity contribution in [1.82, 2.24) is 9.59 Å². The van der Waals surface area contributed by atoms with E-state index in [-0.39, 0.29) is 11.4 Å². The highest BCUT2D eigenvalue weighted by Crippen LogP contribution is 2.40. The van der Waals surface area contributed by atoms with Crippen LogP contribution < -0.4 is 10.6 Å². The van der Waals surface area contributed by atoms with Crippen LogP contribution in [0.3, 0.4) is 0 Å². The molecular formula is C12H7ClN4O3S. The van der Waals surface area contributed by atoms with Gasteiger partial charge in [-0.05, 0) is 35.3 Å². The summed E-state index contributed by atoms with van der Waals surface area (Å²) in [5, 5.41) is 5.45. The van der Waals surface area contributed by atoms with E-state index in [2.05, 4.69) is 9.59 Å². The van der Waals surface area contributed by atoms with Crippen LogP contribution in [0.1, 0.15) is 22.0 Å². The smallest absolute Gasteiger partial charge is 0.326 e. The molecule has 9 heteroatoms. The third kappa shape index (κ3) is 2.08. The van der Waals surface area contributed by atoms with Gasteiger partial charge in [-0.15, -0.1) is 5.10 Å². The van der Waals surface area contributed by atoms with Gasteiger partial charge in [0.05, 0.1) is 5.69 Å². The number of rotatable bonds is 2. The van der Waals surface area contributed by atoms with Gasteiger partial charge in [-0.1, -0.05) is 16.1 Å². The van der Waals surface area contributed by atoms with Crippen molar-refractivity contribution in [3.63, 3.8) is 0 Å². The molecule has 0 spiro atoms. The summed E-state index contributed by atoms with van der Waals surface area (Å²) in [5.74, 6) is -2.44. The van der Waals surface area contributed by atoms with Crippen LogP contribution in [0.2, 0.25) is 5.02 Å². The minimum Gasteiger partial charge on any atom is -0.351 e. The Morgan fingerprint density at radius 3 is 2.76 bits per heavy atom. The summed E-state index contributed by atoms with van der Waals surface area (Å²) in [4.78, 5) is 37.0. The minimum atomic E-state index is -1.19. The Balaban J connectivity index is 2.14. The van der Waals surface area contributed by atoms with Crippen molar-refractivity contribution in [3.8, 4) is 0 Å². The number of halogens is 1. The number of ketones is 1. The third-order valence-corrected chi connectivity index (χ3v) is 3.84. The minimum absolute atomic E-state index is 0.0654. The number of primary amides is 1. The van der Waals surface area contributed by atoms with E-state index in [0.717, 1.165) is 16.4 Å². The molecule has 0 radical (unpaired) electrons. The lowest BCUT2D eigenvalue weighted by Crippen LogP contribution is -2.40. The SMILES string of the molecule is NC(=O)N1C(=O)C(C(=O)c2csnn2)c2cc(Cl)ccc21. The van der Waals surface area contributed by atoms with Gasteiger partial charge in [-0.3, -0.25) is 9.59 Å². The van der Waals surface area contributed by atoms with E-state index in [4.69, 9.17) is 17.3 Å². The zero-order valence-electron chi connectivity index (χ0n) is 10.3. The van der Waals surface area contributed by atoms with Crippen LogP contribution in [0, 0.1) is 0 Å². The van der Waals surface area contributed by atoms with Crippen molar-refractivity contribution in [3.05, 3.63) is 39.9 Å². The van der Waals surface area contributed by atoms with Gasteiger partial charge in [0.25, 0.3) is 5.91 Å². The first-order chi connectivity index (χ1) is 10.0. The number of anilines is 1. The molecule has 1 aliphatic heterocycles. The molecule has 0 bridgehead atoms. The predicted octanol–water partition coefficient (Wildman–Crippen LogP) is 1.58. The molecule has 0 fully saturated rings. The van der Waals surface area contributed by atoms with Crippen molar-refractivity contribution in [1.29, 1.82) is 0 Å². The fourth-order valence-corrected chi connectivity index (χ4v) is 2.87. The molecule has 0 saturated carbocycles. The number of aromatic nitrogens is 2. The number of benzene rings is 1. The molecule has 1 atom stereocenters. The number of hydrogen-bond acceptors (Lipinski definition) is 6. The average molecular weight is 323 g/mol. The highest BCUT2D eigenvalue weighted by Gasteiger charge is 2.45. The molecule has 21 heavy (non-hydrogen) atoms. The quantitative estimate of drug-likeness (QED) is 0.667. The van der Waals surface area contributed by atoms with Gasteiger partial charge in [0.1, 0.15) is 11.6 Å². The monoisotopic (exact) mass is 322 g/mol. The fourth-order valence-electron chi connectivity index (χ4n) is 2.24. The summed E-state index contributed by atoms with van der Waals surface area (Å²) in [5.41, 5.74) is 5.88. The van der Waals surface area contributed by atoms with Gasteiger partial charge in [0.15, 0.2) is 0 Å². The van der Waals surface area contributed by atoms with Crippen molar-refractivity contribution >= 4 is 46.5 Å². The van der Waals surface area contributed by atoms with Crippen molar-refractivity contribution in [2.24, 2.45) is 5.73 Å². The molecule has 0 saturated heterocycles. The number of hydrogen-bond donors (Lipinski definition) is 1. The fraction of sp³-hybridized carbons (Fsp3) is 0.0833. The molecule has 2 aromatic rings. The largest absolute Gasteiger partial charge is 0.351 e. The van der Waals surface area contributed by atoms with Crippen LogP contribution in [0.15, 0.2) is 23.6 Å². The van der Waals surface area contributed by atoms with Crippen molar-refractivity contribution in [2.75, 3.05) is 4.90 Å². The highest BCUT2D eigenvalue weighted by atomic mass is 35.5. The number of amides is 3. The number of Topliss-reactive ketones (excluding diaryl/α,β-unsaturated/α-hetero) is 1. The maximum atomic E-state index is 12.4. The van der Waals surface area contributed by atoms with Gasteiger partial charge in [0, 0.05) is 10.4 Å². The first kappa shape index (κ1) is 13.7. The first-order valence-electron chi connectivity index (χ1n) is 5.75. The Hall–Kier alpha value is -2.32. The Morgan fingerprint density at radius 2 is 2.14 bits per heavy atom. The molecule has 1 aromatic heterocycles. The second-order valence-corrected chi connectivity index (χ2v) is 5.35. The van der Waals surface area contributed by atoms with Crippen LogP contribution in [-0.2, 0) is 4.79 Å². The maximum Gasteiger partial charge on any atom is 0.326 e. The summed E-state index contributed by atoms with van der Waals surface area (Å²) in [6.45, 7) is 0. The molecule has 7 nitrogen and oxygen atoms in total. The number of carbonyl (C=O) groups is 3. The first-order valence-corrected chi connectivity index (χ1v) is 6.96. The average Bonchev–Trinajstić information content (AvgIpc) is 3.03. The van der Waals surface area contributed by atoms with Gasteiger partial charge in [0.2, 0.25) is 5.78 Å². The normalized spacial score (nSPS) is 16.9. The van der Waals surface area contributed by atoms with Crippen molar-refractivity contribution < 1.29 is 14.4 Å². The van der Waals surface area contributed by atoms with Gasteiger partial charge in [-0.25, -0.2) is 9.69 Å². The number of fused-ring (bicyclic) bond motifs is 1. The van der Waals surface area contributed by atoms with Gasteiger partial charge >= 0.3 is 6.03 Å². The summed E-state index contributed by atoms with van der Waals surface area (Å²) in [6.07, 6.45) is 0. The van der Waals surface area contributed by atoms with Crippen LogP contribution >= 0.6 is 23.1 Å². The zero-order valence-corrected chi connectivity index (χ0v) is 11.9. The van der Waals surface area contributed by atoms with E-state index in [1.807, 2.05) is 0 Å². The second-order valence-electron chi connectivity index (χ2n) is 4.30. The van der Waals surface area contributed by atoms with E-state index in [9.17, 15) is 14.4 Å². The molecule has 2 N–H and O–H groups in total. The lowest BCUT2D eigenvalue weighted by atomic mass is 9.95. The topological polar surface area (TPSA) is 106 Å². The zero-order chi connectivity index (χ0) is 15.1. The summed E-state index contributed by atoms with van der Waals surface area (Å²) in [7, 11) is 0. The number of carbonyl (C=O) groups excluding carboxylic acids is 3. The Morgan fingerprint density at radius 1 is 1.38 bits per heavy atom. The standard InChI is InChI=1S/C12H7ClN4O3S/c13-5-1-2-8-6(3-5)9(11(19)17(8)12(14)20)10(18)7-4-21-16-15-7/h1-4,9H,(H2,14,20). The number of nitrogens with zero attached hydrogens (tertiary/aromatic N) is 3. The maximum absolute atomic E-state index is 12.4. The van der Waals surface area contributed by atoms with Crippen LogP contribution in [0.25, 0.3) is 0 Å². The van der Waals surface area contributed by atoms with Crippen LogP contribution in [0.4, 0.5) is 10.5 Å². The molecular weight excluding hydrogens is 316 g/mol. The number of nitrogens with two attached hydrogens (primary N) is 1. The third-order valence-electron chi connectivity index (χ3n) is 3.10. The second kappa shape index (κ2) is 4.90. The molecule has 1 aromatic carbocycles. The predicted molar refractivity (Wildman–Crippen MR) is 75.5 cm³/mol. The number of urea groups is 1.